The van der Waals surface area contributed by atoms with E-state index < -0.39 is 11.7 Å². The van der Waals surface area contributed by atoms with Gasteiger partial charge in [0.25, 0.3) is 5.91 Å². The van der Waals surface area contributed by atoms with Gasteiger partial charge >= 0.3 is 0 Å². The molecule has 0 aliphatic rings. The van der Waals surface area contributed by atoms with Crippen molar-refractivity contribution in [3.05, 3.63) is 52.5 Å². The number of hydrogen-bond donors (Lipinski definition) is 1. The zero-order valence-electron chi connectivity index (χ0n) is 9.54. The average molecular weight is 269 g/mol. The minimum absolute atomic E-state index is 0.0730. The Hall–Kier alpha value is -1.88. The highest BCUT2D eigenvalue weighted by atomic mass is 35.5. The summed E-state index contributed by atoms with van der Waals surface area (Å²) in [5.74, 6) is -0.738. The first-order chi connectivity index (χ1) is 8.58. The Labute approximate surface area is 108 Å². The van der Waals surface area contributed by atoms with Crippen LogP contribution in [-0.4, -0.2) is 10.9 Å². The van der Waals surface area contributed by atoms with Crippen molar-refractivity contribution < 1.29 is 13.6 Å². The molecule has 0 fully saturated rings. The normalized spacial score (nSPS) is 10.4. The van der Waals surface area contributed by atoms with Crippen molar-refractivity contribution in [2.45, 2.75) is 13.5 Å². The Bertz CT molecular complexity index is 563. The number of oxazole rings is 1. The first kappa shape index (κ1) is 12.6. The van der Waals surface area contributed by atoms with Crippen LogP contribution in [0.4, 0.5) is 4.39 Å². The van der Waals surface area contributed by atoms with Gasteiger partial charge in [-0.1, -0.05) is 17.7 Å². The lowest BCUT2D eigenvalue weighted by atomic mass is 10.2. The van der Waals surface area contributed by atoms with Crippen LogP contribution in [0.15, 0.2) is 28.9 Å². The molecule has 4 nitrogen and oxygen atoms in total. The highest BCUT2D eigenvalue weighted by Gasteiger charge is 2.15. The Morgan fingerprint density at radius 1 is 1.56 bits per heavy atom. The highest BCUT2D eigenvalue weighted by Crippen LogP contribution is 2.18. The topological polar surface area (TPSA) is 55.1 Å². The first-order valence-electron chi connectivity index (χ1n) is 5.21. The van der Waals surface area contributed by atoms with E-state index in [-0.39, 0.29) is 17.1 Å². The molecule has 0 unspecified atom stereocenters. The number of amides is 1. The molecule has 1 amide bonds. The summed E-state index contributed by atoms with van der Waals surface area (Å²) in [6, 6.07) is 4.08. The van der Waals surface area contributed by atoms with Crippen LogP contribution < -0.4 is 5.32 Å². The van der Waals surface area contributed by atoms with Gasteiger partial charge in [-0.05, 0) is 12.1 Å². The number of halogens is 2. The Balaban J connectivity index is 2.08. The third kappa shape index (κ3) is 2.68. The van der Waals surface area contributed by atoms with Crippen LogP contribution in [0.3, 0.4) is 0 Å². The molecular weight excluding hydrogens is 259 g/mol. The Kier molecular flexibility index (Phi) is 3.62. The number of aryl methyl sites for hydroxylation is 1. The maximum absolute atomic E-state index is 13.5. The van der Waals surface area contributed by atoms with Gasteiger partial charge in [-0.15, -0.1) is 0 Å². The van der Waals surface area contributed by atoms with Gasteiger partial charge in [-0.25, -0.2) is 9.37 Å². The summed E-state index contributed by atoms with van der Waals surface area (Å²) < 4.78 is 18.4. The SMILES string of the molecule is Cc1nc(CNC(=O)c2c(F)cccc2Cl)co1. The zero-order chi connectivity index (χ0) is 13.1. The van der Waals surface area contributed by atoms with Gasteiger partial charge in [0, 0.05) is 6.92 Å². The number of nitrogens with zero attached hydrogens (tertiary/aromatic N) is 1. The molecule has 1 heterocycles. The molecule has 0 aliphatic carbocycles. The van der Waals surface area contributed by atoms with Gasteiger partial charge in [0.1, 0.15) is 12.1 Å². The summed E-state index contributed by atoms with van der Waals surface area (Å²) in [7, 11) is 0. The standard InChI is InChI=1S/C12H10ClFN2O2/c1-7-16-8(6-18-7)5-15-12(17)11-9(13)3-2-4-10(11)14/h2-4,6H,5H2,1H3,(H,15,17). The highest BCUT2D eigenvalue weighted by molar-refractivity contribution is 6.33. The summed E-state index contributed by atoms with van der Waals surface area (Å²) in [5, 5.41) is 2.60. The number of nitrogens with one attached hydrogen (secondary N) is 1. The third-order valence-electron chi connectivity index (χ3n) is 2.29. The average Bonchev–Trinajstić information content (AvgIpc) is 2.72. The van der Waals surface area contributed by atoms with Crippen molar-refractivity contribution in [3.63, 3.8) is 0 Å². The molecule has 94 valence electrons. The van der Waals surface area contributed by atoms with Gasteiger partial charge < -0.3 is 9.73 Å². The largest absolute Gasteiger partial charge is 0.449 e. The van der Waals surface area contributed by atoms with Crippen molar-refractivity contribution in [3.8, 4) is 0 Å². The summed E-state index contributed by atoms with van der Waals surface area (Å²) in [6.45, 7) is 1.85. The molecule has 2 rings (SSSR count). The molecule has 2 aromatic rings. The lowest BCUT2D eigenvalue weighted by molar-refractivity contribution is 0.0946. The Morgan fingerprint density at radius 3 is 2.94 bits per heavy atom. The van der Waals surface area contributed by atoms with Crippen molar-refractivity contribution in [2.75, 3.05) is 0 Å². The van der Waals surface area contributed by atoms with Crippen LogP contribution in [-0.2, 0) is 6.54 Å². The van der Waals surface area contributed by atoms with Crippen LogP contribution in [0.25, 0.3) is 0 Å². The maximum atomic E-state index is 13.5. The second kappa shape index (κ2) is 5.18. The summed E-state index contributed by atoms with van der Waals surface area (Å²) in [4.78, 5) is 15.8. The monoisotopic (exact) mass is 268 g/mol. The van der Waals surface area contributed by atoms with E-state index in [0.717, 1.165) is 0 Å². The van der Waals surface area contributed by atoms with E-state index >= 15 is 0 Å². The molecule has 0 aliphatic heterocycles. The van der Waals surface area contributed by atoms with Gasteiger partial charge in [-0.2, -0.15) is 0 Å². The van der Waals surface area contributed by atoms with Crippen molar-refractivity contribution in [1.82, 2.24) is 10.3 Å². The lowest BCUT2D eigenvalue weighted by Crippen LogP contribution is -2.24. The number of benzene rings is 1. The maximum Gasteiger partial charge on any atom is 0.256 e. The molecule has 6 heteroatoms. The van der Waals surface area contributed by atoms with Gasteiger partial charge in [-0.3, -0.25) is 4.79 Å². The molecule has 0 radical (unpaired) electrons. The van der Waals surface area contributed by atoms with E-state index in [2.05, 4.69) is 10.3 Å². The van der Waals surface area contributed by atoms with Crippen molar-refractivity contribution in [2.24, 2.45) is 0 Å². The first-order valence-corrected chi connectivity index (χ1v) is 5.59. The summed E-state index contributed by atoms with van der Waals surface area (Å²) in [6.07, 6.45) is 1.43. The molecule has 1 N–H and O–H groups in total. The van der Waals surface area contributed by atoms with Crippen molar-refractivity contribution in [1.29, 1.82) is 0 Å². The van der Waals surface area contributed by atoms with E-state index in [1.807, 2.05) is 0 Å². The molecule has 1 aromatic heterocycles. The second-order valence-corrected chi connectivity index (χ2v) is 4.04. The quantitative estimate of drug-likeness (QED) is 0.931. The molecule has 0 spiro atoms. The number of hydrogen-bond acceptors (Lipinski definition) is 3. The number of carbonyl (C=O) groups is 1. The fourth-order valence-electron chi connectivity index (χ4n) is 1.46. The minimum Gasteiger partial charge on any atom is -0.449 e. The molecule has 0 saturated carbocycles. The molecular formula is C12H10ClFN2O2. The second-order valence-electron chi connectivity index (χ2n) is 3.64. The van der Waals surface area contributed by atoms with Crippen LogP contribution in [0.5, 0.6) is 0 Å². The van der Waals surface area contributed by atoms with Crippen LogP contribution in [0, 0.1) is 12.7 Å². The predicted octanol–water partition coefficient (Wildman–Crippen LogP) is 2.71. The number of rotatable bonds is 3. The van der Waals surface area contributed by atoms with Crippen molar-refractivity contribution >= 4 is 17.5 Å². The summed E-state index contributed by atoms with van der Waals surface area (Å²) in [5.41, 5.74) is 0.396. The smallest absolute Gasteiger partial charge is 0.256 e. The number of carbonyl (C=O) groups excluding carboxylic acids is 1. The molecule has 0 saturated heterocycles. The van der Waals surface area contributed by atoms with Gasteiger partial charge in [0.05, 0.1) is 22.8 Å². The minimum atomic E-state index is -0.656. The summed E-state index contributed by atoms with van der Waals surface area (Å²) >= 11 is 5.78. The van der Waals surface area contributed by atoms with E-state index in [1.54, 1.807) is 6.92 Å². The van der Waals surface area contributed by atoms with Crippen LogP contribution >= 0.6 is 11.6 Å². The molecule has 1 aromatic carbocycles. The van der Waals surface area contributed by atoms with E-state index in [0.29, 0.717) is 11.6 Å². The number of aromatic nitrogens is 1. The van der Waals surface area contributed by atoms with E-state index in [9.17, 15) is 9.18 Å². The zero-order valence-corrected chi connectivity index (χ0v) is 10.3. The fourth-order valence-corrected chi connectivity index (χ4v) is 1.71. The van der Waals surface area contributed by atoms with Crippen LogP contribution in [0.2, 0.25) is 5.02 Å². The predicted molar refractivity (Wildman–Crippen MR) is 63.8 cm³/mol. The van der Waals surface area contributed by atoms with Gasteiger partial charge in [0.15, 0.2) is 5.89 Å². The van der Waals surface area contributed by atoms with Crippen LogP contribution in [0.1, 0.15) is 21.9 Å². The Morgan fingerprint density at radius 2 is 2.33 bits per heavy atom. The molecule has 0 bridgehead atoms. The molecule has 18 heavy (non-hydrogen) atoms. The fraction of sp³-hybridized carbons (Fsp3) is 0.167. The molecule has 0 atom stereocenters. The van der Waals surface area contributed by atoms with Gasteiger partial charge in [0.2, 0.25) is 0 Å². The lowest BCUT2D eigenvalue weighted by Gasteiger charge is -2.05. The third-order valence-corrected chi connectivity index (χ3v) is 2.60. The van der Waals surface area contributed by atoms with E-state index in [4.69, 9.17) is 16.0 Å². The van der Waals surface area contributed by atoms with E-state index in [1.165, 1.54) is 24.5 Å².